The number of esters is 1. The van der Waals surface area contributed by atoms with Crippen LogP contribution in [-0.4, -0.2) is 31.5 Å². The maximum Gasteiger partial charge on any atom is 0.573 e. The van der Waals surface area contributed by atoms with Crippen LogP contribution in [0.25, 0.3) is 10.8 Å². The van der Waals surface area contributed by atoms with E-state index in [2.05, 4.69) is 20.7 Å². The topological polar surface area (TPSA) is 60.9 Å². The molecule has 0 saturated heterocycles. The predicted octanol–water partition coefficient (Wildman–Crippen LogP) is 7.71. The smallest absolute Gasteiger partial charge is 0.492 e. The Morgan fingerprint density at radius 3 is 2.32 bits per heavy atom. The largest absolute Gasteiger partial charge is 0.573 e. The quantitative estimate of drug-likeness (QED) is 0.116. The van der Waals surface area contributed by atoms with Crippen LogP contribution in [0.1, 0.15) is 21.5 Å². The summed E-state index contributed by atoms with van der Waals surface area (Å²) in [6.07, 6.45) is -4.77. The van der Waals surface area contributed by atoms with Gasteiger partial charge in [0.25, 0.3) is 0 Å². The number of methoxy groups -OCH3 is 2. The number of hydrogen-bond acceptors (Lipinski definition) is 7. The number of benzene rings is 3. The standard InChI is InChI=1S/C27H22BrF3N2O4S/c1-16-14-19(12-13-20(16)26(34)36-3)38-33(15-17-8-10-18(11-9-17)37-27(29,30)31)25-23(35-2)21-6-4-5-7-22(21)24(28)32-25/h4-14H,15H2,1-3H3. The molecule has 4 rings (SSSR count). The SMILES string of the molecule is COC(=O)c1ccc(SN(Cc2ccc(OC(F)(F)F)cc2)c2nc(Br)c3ccccc3c2OC)cc1C. The summed E-state index contributed by atoms with van der Waals surface area (Å²) in [4.78, 5) is 17.6. The Kier molecular flexibility index (Phi) is 8.37. The Balaban J connectivity index is 1.75. The summed E-state index contributed by atoms with van der Waals surface area (Å²) in [5.41, 5.74) is 1.89. The first-order chi connectivity index (χ1) is 18.1. The third-order valence-electron chi connectivity index (χ3n) is 5.54. The molecule has 0 bridgehead atoms. The number of nitrogens with zero attached hydrogens (tertiary/aromatic N) is 2. The van der Waals surface area contributed by atoms with Gasteiger partial charge in [-0.25, -0.2) is 9.78 Å². The number of ether oxygens (including phenoxy) is 3. The molecule has 0 fully saturated rings. The molecule has 0 aliphatic carbocycles. The lowest BCUT2D eigenvalue weighted by atomic mass is 10.1. The predicted molar refractivity (Wildman–Crippen MR) is 144 cm³/mol. The van der Waals surface area contributed by atoms with Crippen LogP contribution in [0.4, 0.5) is 19.0 Å². The number of fused-ring (bicyclic) bond motifs is 1. The molecule has 0 saturated carbocycles. The van der Waals surface area contributed by atoms with E-state index in [1.165, 1.54) is 31.2 Å². The first kappa shape index (κ1) is 27.6. The van der Waals surface area contributed by atoms with Crippen LogP contribution in [-0.2, 0) is 11.3 Å². The number of aromatic nitrogens is 1. The van der Waals surface area contributed by atoms with Crippen LogP contribution in [0.3, 0.4) is 0 Å². The second-order valence-corrected chi connectivity index (χ2v) is 9.94. The van der Waals surface area contributed by atoms with Gasteiger partial charge in [-0.2, -0.15) is 0 Å². The Labute approximate surface area is 230 Å². The number of anilines is 1. The van der Waals surface area contributed by atoms with E-state index in [1.807, 2.05) is 41.6 Å². The Bertz CT molecular complexity index is 1470. The molecule has 38 heavy (non-hydrogen) atoms. The van der Waals surface area contributed by atoms with Gasteiger partial charge in [0.2, 0.25) is 0 Å². The van der Waals surface area contributed by atoms with Gasteiger partial charge in [0.1, 0.15) is 10.4 Å². The number of carbonyl (C=O) groups is 1. The van der Waals surface area contributed by atoms with Gasteiger partial charge in [0.15, 0.2) is 11.6 Å². The molecule has 1 aromatic heterocycles. The van der Waals surface area contributed by atoms with Gasteiger partial charge in [-0.15, -0.1) is 13.2 Å². The van der Waals surface area contributed by atoms with E-state index in [4.69, 9.17) is 14.5 Å². The number of hydrogen-bond donors (Lipinski definition) is 0. The Hall–Kier alpha value is -3.44. The number of alkyl halides is 3. The fraction of sp³-hybridized carbons (Fsp3) is 0.185. The first-order valence-electron chi connectivity index (χ1n) is 11.2. The third-order valence-corrected chi connectivity index (χ3v) is 7.14. The summed E-state index contributed by atoms with van der Waals surface area (Å²) >= 11 is 4.90. The lowest BCUT2D eigenvalue weighted by Crippen LogP contribution is -2.18. The van der Waals surface area contributed by atoms with Crippen LogP contribution in [0.2, 0.25) is 0 Å². The zero-order valence-corrected chi connectivity index (χ0v) is 22.9. The summed E-state index contributed by atoms with van der Waals surface area (Å²) in [5.74, 6) is 0.308. The Morgan fingerprint density at radius 2 is 1.71 bits per heavy atom. The highest BCUT2D eigenvalue weighted by molar-refractivity contribution is 9.10. The molecular weight excluding hydrogens is 585 g/mol. The van der Waals surface area contributed by atoms with E-state index >= 15 is 0 Å². The van der Waals surface area contributed by atoms with Crippen LogP contribution in [0.5, 0.6) is 11.5 Å². The second-order valence-electron chi connectivity index (χ2n) is 8.09. The number of halogens is 4. The zero-order valence-electron chi connectivity index (χ0n) is 20.5. The van der Waals surface area contributed by atoms with E-state index < -0.39 is 12.3 Å². The average Bonchev–Trinajstić information content (AvgIpc) is 2.88. The minimum atomic E-state index is -4.77. The molecule has 1 heterocycles. The van der Waals surface area contributed by atoms with E-state index in [-0.39, 0.29) is 12.3 Å². The molecule has 0 radical (unpaired) electrons. The molecule has 0 aliphatic rings. The lowest BCUT2D eigenvalue weighted by Gasteiger charge is -2.26. The minimum absolute atomic E-state index is 0.267. The fourth-order valence-electron chi connectivity index (χ4n) is 3.83. The van der Waals surface area contributed by atoms with E-state index in [0.29, 0.717) is 27.3 Å². The maximum absolute atomic E-state index is 12.6. The van der Waals surface area contributed by atoms with Crippen LogP contribution >= 0.6 is 27.9 Å². The zero-order chi connectivity index (χ0) is 27.4. The van der Waals surface area contributed by atoms with Crippen molar-refractivity contribution in [2.24, 2.45) is 0 Å². The summed E-state index contributed by atoms with van der Waals surface area (Å²) < 4.78 is 54.9. The van der Waals surface area contributed by atoms with Gasteiger partial charge >= 0.3 is 12.3 Å². The molecule has 0 atom stereocenters. The van der Waals surface area contributed by atoms with Crippen molar-refractivity contribution in [1.29, 1.82) is 0 Å². The summed E-state index contributed by atoms with van der Waals surface area (Å²) in [7, 11) is 2.88. The maximum atomic E-state index is 12.6. The van der Waals surface area contributed by atoms with Gasteiger partial charge in [-0.05, 0) is 76.3 Å². The van der Waals surface area contributed by atoms with Crippen molar-refractivity contribution >= 4 is 50.4 Å². The summed E-state index contributed by atoms with van der Waals surface area (Å²) in [6.45, 7) is 2.08. The Morgan fingerprint density at radius 1 is 1.03 bits per heavy atom. The molecule has 0 unspecified atom stereocenters. The highest BCUT2D eigenvalue weighted by Gasteiger charge is 2.31. The number of carbonyl (C=O) groups excluding carboxylic acids is 1. The minimum Gasteiger partial charge on any atom is -0.492 e. The van der Waals surface area contributed by atoms with Crippen LogP contribution in [0.15, 0.2) is 76.2 Å². The van der Waals surface area contributed by atoms with Gasteiger partial charge in [-0.1, -0.05) is 36.4 Å². The highest BCUT2D eigenvalue weighted by Crippen LogP contribution is 2.42. The van der Waals surface area contributed by atoms with Crippen molar-refractivity contribution in [3.63, 3.8) is 0 Å². The van der Waals surface area contributed by atoms with Crippen molar-refractivity contribution in [3.05, 3.63) is 88.0 Å². The molecule has 0 amide bonds. The van der Waals surface area contributed by atoms with Crippen molar-refractivity contribution in [1.82, 2.24) is 4.98 Å². The first-order valence-corrected chi connectivity index (χ1v) is 12.8. The number of rotatable bonds is 8. The molecule has 6 nitrogen and oxygen atoms in total. The average molecular weight is 607 g/mol. The summed E-state index contributed by atoms with van der Waals surface area (Å²) in [5, 5.41) is 1.70. The molecule has 0 aliphatic heterocycles. The van der Waals surface area contributed by atoms with Gasteiger partial charge in [-0.3, -0.25) is 4.31 Å². The van der Waals surface area contributed by atoms with Crippen LogP contribution in [0, 0.1) is 6.92 Å². The molecular formula is C27H22BrF3N2O4S. The van der Waals surface area contributed by atoms with E-state index in [1.54, 1.807) is 31.4 Å². The van der Waals surface area contributed by atoms with E-state index in [9.17, 15) is 18.0 Å². The fourth-order valence-corrected chi connectivity index (χ4v) is 5.38. The van der Waals surface area contributed by atoms with Gasteiger partial charge < -0.3 is 14.2 Å². The van der Waals surface area contributed by atoms with Gasteiger partial charge in [0, 0.05) is 15.7 Å². The van der Waals surface area contributed by atoms with Crippen molar-refractivity contribution in [2.75, 3.05) is 18.5 Å². The van der Waals surface area contributed by atoms with Crippen molar-refractivity contribution < 1.29 is 32.2 Å². The molecule has 0 spiro atoms. The highest BCUT2D eigenvalue weighted by atomic mass is 79.9. The number of aryl methyl sites for hydroxylation is 1. The van der Waals surface area contributed by atoms with Crippen LogP contribution < -0.4 is 13.8 Å². The number of pyridine rings is 1. The van der Waals surface area contributed by atoms with Crippen molar-refractivity contribution in [2.45, 2.75) is 24.7 Å². The molecule has 198 valence electrons. The summed E-state index contributed by atoms with van der Waals surface area (Å²) in [6, 6.07) is 18.6. The monoisotopic (exact) mass is 606 g/mol. The molecule has 11 heteroatoms. The molecule has 0 N–H and O–H groups in total. The normalized spacial score (nSPS) is 11.3. The molecule has 3 aromatic carbocycles. The van der Waals surface area contributed by atoms with Gasteiger partial charge in [0.05, 0.1) is 26.3 Å². The lowest BCUT2D eigenvalue weighted by molar-refractivity contribution is -0.274. The molecule has 4 aromatic rings. The second kappa shape index (κ2) is 11.5. The third kappa shape index (κ3) is 6.33. The van der Waals surface area contributed by atoms with E-state index in [0.717, 1.165) is 21.2 Å². The van der Waals surface area contributed by atoms with Crippen molar-refractivity contribution in [3.8, 4) is 11.5 Å².